The van der Waals surface area contributed by atoms with Crippen molar-refractivity contribution in [3.8, 4) is 36.5 Å². The lowest BCUT2D eigenvalue weighted by molar-refractivity contribution is -0.113. The van der Waals surface area contributed by atoms with Gasteiger partial charge < -0.3 is 20.1 Å². The topological polar surface area (TPSA) is 89.0 Å². The van der Waals surface area contributed by atoms with Crippen LogP contribution in [-0.4, -0.2) is 30.9 Å². The lowest BCUT2D eigenvalue weighted by Gasteiger charge is -1.91. The van der Waals surface area contributed by atoms with Gasteiger partial charge in [0.15, 0.2) is 11.2 Å². The number of carbonyl (C=O) groups is 1. The SMILES string of the molecule is C#CC#CC#C.C1=CC=CSC=C1.C1=CSC=CC1.C1=CSC=CCC1.C1=CSC=CN1.C1=CSC=CN=C1.C1=CSC=CNC1.C1=CSC=CO1.C1=CSC=COC1.C1=CSC=CS1.C1=CSC=CSC1.O=C1C=CSC=CC1.O=c1ccscc1.c1ccsc1. The summed E-state index contributed by atoms with van der Waals surface area (Å²) in [6.07, 6.45) is 56.1. The molecule has 0 bridgehead atoms. The summed E-state index contributed by atoms with van der Waals surface area (Å²) in [4.78, 5) is 24.7. The van der Waals surface area contributed by atoms with E-state index in [-0.39, 0.29) is 11.2 Å². The summed E-state index contributed by atoms with van der Waals surface area (Å²) in [5, 5.41) is 64.0. The minimum Gasteiger partial charge on any atom is -0.497 e. The second-order valence-electron chi connectivity index (χ2n) is 14.7. The fraction of sp³-hybridized carbons (Fsp3) is 0.100. The van der Waals surface area contributed by atoms with Crippen LogP contribution in [0.1, 0.15) is 25.7 Å². The number of thiophene rings is 1. The molecule has 2 aromatic rings. The van der Waals surface area contributed by atoms with E-state index in [4.69, 9.17) is 17.6 Å². The van der Waals surface area contributed by atoms with Crippen molar-refractivity contribution in [3.05, 3.63) is 320 Å². The van der Waals surface area contributed by atoms with E-state index in [0.717, 1.165) is 18.7 Å². The minimum absolute atomic E-state index is 0.0822. The Morgan fingerprint density at radius 1 is 0.446 bits per heavy atom. The van der Waals surface area contributed by atoms with E-state index >= 15 is 0 Å². The van der Waals surface area contributed by atoms with Crippen molar-refractivity contribution < 1.29 is 14.3 Å². The standard InChI is InChI=1S/C6H6OS.C6H8S.C6H6S.C6H2.C5H7NS.C5H5NS.C5H4OS.C5H6OS.C5H6S2.C5H6S.C4H5NS.C4H4OS.C4H4S2.C4H4S/c7-6-2-1-4-8-5-3-6;2*1-2-4-6-7-5-3-1;1-3-5-6-4-2;2*1-2-6-3-5-7-4-1;6-5-1-3-7-4-2-5;1-2-6-3-5-7-4-1;1-2-6-4-5-7-3-1;1-2-4-6-5-3-1;2*1-3-6-4-2-5-1;1-2-6-4-3-5-1;1-2-4-5-3-1/h1,3-5H,2H2;3-6H,1-2H2;1-6H;1-2H;1,3-6H,2H2;1-5H;1-4H;1,3-5H,2H2;1-2,4-5H,3H2;2-5H,1H2;1-5H;2*1-4H;1-4H. The molecule has 11 aliphatic heterocycles. The third-order valence-electron chi connectivity index (χ3n) is 7.96. The maximum Gasteiger partial charge on any atom is 0.180 e. The molecule has 482 valence electrons. The van der Waals surface area contributed by atoms with Gasteiger partial charge in [-0.25, -0.2) is 0 Å². The van der Waals surface area contributed by atoms with Crippen LogP contribution in [-0.2, 0) is 14.3 Å². The van der Waals surface area contributed by atoms with Crippen LogP contribution in [0, 0.1) is 36.5 Å². The molecule has 13 rings (SSSR count). The first-order valence-electron chi connectivity index (χ1n) is 26.9. The van der Waals surface area contributed by atoms with Gasteiger partial charge >= 0.3 is 0 Å². The van der Waals surface area contributed by atoms with Crippen LogP contribution >= 0.6 is 176 Å². The second-order valence-corrected chi connectivity index (χ2v) is 27.1. The van der Waals surface area contributed by atoms with Gasteiger partial charge in [-0.1, -0.05) is 90.7 Å². The summed E-state index contributed by atoms with van der Waals surface area (Å²) in [7, 11) is 0. The van der Waals surface area contributed by atoms with E-state index in [1.807, 2.05) is 161 Å². The molecule has 13 heterocycles. The minimum atomic E-state index is 0.0822. The molecule has 92 heavy (non-hydrogen) atoms. The zero-order chi connectivity index (χ0) is 66.0. The maximum atomic E-state index is 10.5. The highest BCUT2D eigenvalue weighted by Crippen LogP contribution is 2.19. The van der Waals surface area contributed by atoms with Crippen molar-refractivity contribution in [2.75, 3.05) is 18.9 Å². The van der Waals surface area contributed by atoms with Gasteiger partial charge in [-0.2, -0.15) is 22.7 Å². The van der Waals surface area contributed by atoms with Crippen LogP contribution < -0.4 is 16.1 Å². The molecular formula is C70H73N3O4S15. The van der Waals surface area contributed by atoms with E-state index in [0.29, 0.717) is 13.0 Å². The number of carbonyl (C=O) groups excluding carboxylic acids is 1. The van der Waals surface area contributed by atoms with Crippen molar-refractivity contribution in [2.45, 2.75) is 25.7 Å². The van der Waals surface area contributed by atoms with Crippen molar-refractivity contribution in [2.24, 2.45) is 4.99 Å². The Morgan fingerprint density at radius 3 is 1.49 bits per heavy atom. The second kappa shape index (κ2) is 82.0. The molecule has 0 saturated heterocycles. The number of allylic oxidation sites excluding steroid dienone is 11. The molecule has 0 amide bonds. The Bertz CT molecular complexity index is 2660. The Balaban J connectivity index is 0.000000970. The monoisotopic (exact) mass is 1500 g/mol. The van der Waals surface area contributed by atoms with Crippen LogP contribution in [0.2, 0.25) is 0 Å². The molecule has 2 aromatic heterocycles. The highest BCUT2D eigenvalue weighted by Gasteiger charge is 1.93. The Labute approximate surface area is 611 Å². The van der Waals surface area contributed by atoms with Crippen LogP contribution in [0.4, 0.5) is 0 Å². The summed E-state index contributed by atoms with van der Waals surface area (Å²) in [6.45, 7) is 1.67. The van der Waals surface area contributed by atoms with E-state index in [1.54, 1.807) is 206 Å². The molecule has 0 aliphatic carbocycles. The quantitative estimate of drug-likeness (QED) is 0.245. The third-order valence-corrected chi connectivity index (χ3v) is 17.9. The first-order chi connectivity index (χ1) is 45.7. The fourth-order valence-electron chi connectivity index (χ4n) is 4.26. The van der Waals surface area contributed by atoms with E-state index in [9.17, 15) is 9.59 Å². The highest BCUT2D eigenvalue weighted by molar-refractivity contribution is 8.11. The summed E-state index contributed by atoms with van der Waals surface area (Å²) in [5.41, 5.74) is 0.0822. The number of terminal acetylenes is 2. The number of ketones is 1. The smallest absolute Gasteiger partial charge is 0.180 e. The molecule has 0 spiro atoms. The number of aliphatic imine (C=N–C) groups is 1. The van der Waals surface area contributed by atoms with Gasteiger partial charge in [0.05, 0.1) is 18.8 Å². The number of thioether (sulfide) groups is 13. The summed E-state index contributed by atoms with van der Waals surface area (Å²) in [5.74, 6) is 9.92. The maximum absolute atomic E-state index is 10.5. The molecule has 22 heteroatoms. The average Bonchev–Trinajstić information content (AvgIpc) is 4.35. The Morgan fingerprint density at radius 2 is 0.946 bits per heavy atom. The third kappa shape index (κ3) is 81.0. The molecular weight excluding hydrogens is 1430 g/mol. The summed E-state index contributed by atoms with van der Waals surface area (Å²) in [6, 6.07) is 7.13. The van der Waals surface area contributed by atoms with Gasteiger partial charge in [-0.3, -0.25) is 14.6 Å². The molecule has 0 radical (unpaired) electrons. The van der Waals surface area contributed by atoms with Crippen molar-refractivity contribution in [1.82, 2.24) is 10.6 Å². The number of hydrogen-bond donors (Lipinski definition) is 2. The van der Waals surface area contributed by atoms with E-state index < -0.39 is 0 Å². The Kier molecular flexibility index (Phi) is 77.4. The molecule has 0 atom stereocenters. The lowest BCUT2D eigenvalue weighted by Crippen LogP contribution is -2.01. The van der Waals surface area contributed by atoms with Crippen LogP contribution in [0.5, 0.6) is 0 Å². The predicted octanol–water partition coefficient (Wildman–Crippen LogP) is 24.5. The van der Waals surface area contributed by atoms with Crippen LogP contribution in [0.3, 0.4) is 0 Å². The fourth-order valence-corrected chi connectivity index (χ4v) is 11.9. The van der Waals surface area contributed by atoms with Gasteiger partial charge in [0.2, 0.25) is 0 Å². The van der Waals surface area contributed by atoms with Gasteiger partial charge in [0.1, 0.15) is 6.61 Å². The van der Waals surface area contributed by atoms with E-state index in [2.05, 4.69) is 145 Å². The predicted molar refractivity (Wildman–Crippen MR) is 444 cm³/mol. The molecule has 0 unspecified atom stereocenters. The first kappa shape index (κ1) is 86.9. The number of hydrogen-bond acceptors (Lipinski definition) is 22. The summed E-state index contributed by atoms with van der Waals surface area (Å²) < 4.78 is 9.59. The molecule has 11 aliphatic rings. The average molecular weight is 1500 g/mol. The molecule has 2 N–H and O–H groups in total. The molecule has 0 saturated carbocycles. The Hall–Kier alpha value is -5.14. The number of nitrogens with zero attached hydrogens (tertiary/aromatic N) is 1. The first-order valence-corrected chi connectivity index (χ1v) is 41.2. The van der Waals surface area contributed by atoms with Crippen molar-refractivity contribution in [1.29, 1.82) is 0 Å². The molecule has 7 nitrogen and oxygen atoms in total. The molecule has 0 fully saturated rings. The van der Waals surface area contributed by atoms with Crippen molar-refractivity contribution >= 4 is 188 Å². The van der Waals surface area contributed by atoms with Gasteiger partial charge in [-0.15, -0.1) is 154 Å². The zero-order valence-electron chi connectivity index (χ0n) is 50.1. The highest BCUT2D eigenvalue weighted by atomic mass is 32.2. The van der Waals surface area contributed by atoms with Gasteiger partial charge in [0, 0.05) is 66.0 Å². The number of nitrogens with one attached hydrogen (secondary N) is 2. The molecule has 0 aromatic carbocycles. The number of ether oxygens (including phenoxy) is 2. The largest absolute Gasteiger partial charge is 0.497 e. The van der Waals surface area contributed by atoms with Crippen LogP contribution in [0.25, 0.3) is 0 Å². The van der Waals surface area contributed by atoms with Gasteiger partial charge in [-0.05, 0) is 214 Å². The van der Waals surface area contributed by atoms with Crippen LogP contribution in [0.15, 0.2) is 319 Å². The summed E-state index contributed by atoms with van der Waals surface area (Å²) >= 11 is 25.2. The van der Waals surface area contributed by atoms with E-state index in [1.165, 1.54) is 35.9 Å². The van der Waals surface area contributed by atoms with Gasteiger partial charge in [0.25, 0.3) is 0 Å². The van der Waals surface area contributed by atoms with Crippen molar-refractivity contribution in [3.63, 3.8) is 0 Å². The number of rotatable bonds is 0. The lowest BCUT2D eigenvalue weighted by atomic mass is 10.3. The zero-order valence-corrected chi connectivity index (χ0v) is 62.3. The normalized spacial score (nSPS) is 16.0.